The first-order chi connectivity index (χ1) is 22.9. The van der Waals surface area contributed by atoms with Crippen LogP contribution in [-0.4, -0.2) is 4.57 Å². The third kappa shape index (κ3) is 6.34. The molecule has 0 aliphatic rings. The Kier molecular flexibility index (Phi) is 10.1. The second-order valence-electron chi connectivity index (χ2n) is 11.4. The van der Waals surface area contributed by atoms with Crippen LogP contribution in [0.15, 0.2) is 152 Å². The first-order valence-electron chi connectivity index (χ1n) is 15.9. The molecule has 5 rings (SSSR count). The fourth-order valence-corrected chi connectivity index (χ4v) is 6.28. The van der Waals surface area contributed by atoms with Gasteiger partial charge in [-0.3, -0.25) is 0 Å². The van der Waals surface area contributed by atoms with Gasteiger partial charge in [-0.25, -0.2) is 0 Å². The van der Waals surface area contributed by atoms with Crippen LogP contribution in [-0.2, 0) is 0 Å². The lowest BCUT2D eigenvalue weighted by atomic mass is 9.94. The average Bonchev–Trinajstić information content (AvgIpc) is 3.35. The standard InChI is InChI=1S/C44H43N3/c1-7-15-39(29-46)33(9-3)28-43-30(5)31(6)44(47(43)42-21-14-17-35-16-11-12-20-40(35)42)41-23-22-38(26-34(41)10-4)37-19-13-18-36(27-37)32(8-2)24-25-45/h7-29H,3-4,45-46H2,1-2,5-6H3/b15-7-,25-24-,32-8+,33-28+,39-29+. The van der Waals surface area contributed by atoms with E-state index in [0.29, 0.717) is 0 Å². The van der Waals surface area contributed by atoms with Gasteiger partial charge in [-0.1, -0.05) is 110 Å². The molecule has 0 spiro atoms. The molecule has 0 amide bonds. The molecule has 0 bridgehead atoms. The van der Waals surface area contributed by atoms with Crippen molar-refractivity contribution in [2.75, 3.05) is 0 Å². The van der Waals surface area contributed by atoms with E-state index in [-0.39, 0.29) is 0 Å². The Morgan fingerprint density at radius 2 is 1.51 bits per heavy atom. The molecule has 0 saturated heterocycles. The smallest absolute Gasteiger partial charge is 0.0572 e. The van der Waals surface area contributed by atoms with Gasteiger partial charge in [-0.05, 0) is 120 Å². The van der Waals surface area contributed by atoms with E-state index in [1.54, 1.807) is 12.4 Å². The Hall–Kier alpha value is -5.80. The van der Waals surface area contributed by atoms with E-state index in [9.17, 15) is 0 Å². The summed E-state index contributed by atoms with van der Waals surface area (Å²) >= 11 is 0. The minimum Gasteiger partial charge on any atom is -0.405 e. The Balaban J connectivity index is 1.80. The van der Waals surface area contributed by atoms with Crippen molar-refractivity contribution in [2.45, 2.75) is 27.7 Å². The summed E-state index contributed by atoms with van der Waals surface area (Å²) < 4.78 is 2.39. The molecule has 5 aromatic rings. The summed E-state index contributed by atoms with van der Waals surface area (Å²) in [6.45, 7) is 16.8. The summed E-state index contributed by atoms with van der Waals surface area (Å²) in [5.41, 5.74) is 26.0. The molecule has 0 radical (unpaired) electrons. The van der Waals surface area contributed by atoms with Crippen LogP contribution in [0.25, 0.3) is 56.6 Å². The van der Waals surface area contributed by atoms with Crippen molar-refractivity contribution in [3.63, 3.8) is 0 Å². The van der Waals surface area contributed by atoms with Gasteiger partial charge in [0, 0.05) is 17.1 Å². The lowest BCUT2D eigenvalue weighted by Crippen LogP contribution is -2.03. The second kappa shape index (κ2) is 14.5. The molecule has 0 unspecified atom stereocenters. The molecule has 0 aliphatic heterocycles. The van der Waals surface area contributed by atoms with Gasteiger partial charge in [0.15, 0.2) is 0 Å². The van der Waals surface area contributed by atoms with Crippen molar-refractivity contribution in [1.82, 2.24) is 4.57 Å². The molecule has 1 heterocycles. The molecular weight excluding hydrogens is 571 g/mol. The van der Waals surface area contributed by atoms with E-state index in [0.717, 1.165) is 61.6 Å². The number of allylic oxidation sites excluding steroid dienone is 8. The Morgan fingerprint density at radius 1 is 0.766 bits per heavy atom. The highest BCUT2D eigenvalue weighted by Gasteiger charge is 2.22. The lowest BCUT2D eigenvalue weighted by molar-refractivity contribution is 1.07. The number of nitrogens with zero attached hydrogens (tertiary/aromatic N) is 1. The maximum Gasteiger partial charge on any atom is 0.0572 e. The third-order valence-electron chi connectivity index (χ3n) is 8.79. The van der Waals surface area contributed by atoms with Crippen molar-refractivity contribution in [1.29, 1.82) is 0 Å². The van der Waals surface area contributed by atoms with Crippen molar-refractivity contribution >= 4 is 28.5 Å². The topological polar surface area (TPSA) is 57.0 Å². The maximum absolute atomic E-state index is 6.09. The van der Waals surface area contributed by atoms with Crippen LogP contribution >= 0.6 is 0 Å². The van der Waals surface area contributed by atoms with E-state index in [2.05, 4.69) is 129 Å². The fourth-order valence-electron chi connectivity index (χ4n) is 6.28. The molecular formula is C44H43N3. The van der Waals surface area contributed by atoms with Crippen LogP contribution in [0.3, 0.4) is 0 Å². The first-order valence-corrected chi connectivity index (χ1v) is 15.9. The summed E-state index contributed by atoms with van der Waals surface area (Å²) in [4.78, 5) is 0. The van der Waals surface area contributed by atoms with Gasteiger partial charge in [-0.2, -0.15) is 0 Å². The summed E-state index contributed by atoms with van der Waals surface area (Å²) in [5, 5.41) is 2.35. The van der Waals surface area contributed by atoms with Crippen LogP contribution in [0.4, 0.5) is 0 Å². The SMILES string of the molecule is C=CC(=C\c1c(C)c(C)c(-c2ccc(-c3cccc(C(/C=C\N)=C/C)c3)cc2C=C)n1-c1cccc2ccccc12)/C(/C=C\C)=C/N. The number of hydrogen-bond acceptors (Lipinski definition) is 2. The van der Waals surface area contributed by atoms with E-state index in [4.69, 9.17) is 11.5 Å². The maximum atomic E-state index is 6.09. The highest BCUT2D eigenvalue weighted by atomic mass is 15.0. The quantitative estimate of drug-likeness (QED) is 0.154. The first kappa shape index (κ1) is 32.6. The average molecular weight is 614 g/mol. The van der Waals surface area contributed by atoms with E-state index < -0.39 is 0 Å². The Bertz CT molecular complexity index is 2120. The van der Waals surface area contributed by atoms with Crippen molar-refractivity contribution in [2.24, 2.45) is 11.5 Å². The molecule has 3 nitrogen and oxygen atoms in total. The van der Waals surface area contributed by atoms with Gasteiger partial charge in [0.25, 0.3) is 0 Å². The van der Waals surface area contributed by atoms with Gasteiger partial charge in [-0.15, -0.1) is 0 Å². The molecule has 47 heavy (non-hydrogen) atoms. The number of nitrogens with two attached hydrogens (primary N) is 2. The molecule has 3 heteroatoms. The van der Waals surface area contributed by atoms with Crippen LogP contribution in [0.2, 0.25) is 0 Å². The summed E-state index contributed by atoms with van der Waals surface area (Å²) in [6.07, 6.45) is 17.2. The summed E-state index contributed by atoms with van der Waals surface area (Å²) in [5.74, 6) is 0. The van der Waals surface area contributed by atoms with E-state index in [1.165, 1.54) is 21.9 Å². The van der Waals surface area contributed by atoms with E-state index in [1.807, 2.05) is 44.2 Å². The van der Waals surface area contributed by atoms with Crippen LogP contribution in [0.5, 0.6) is 0 Å². The zero-order valence-corrected chi connectivity index (χ0v) is 27.8. The minimum atomic E-state index is 0.910. The van der Waals surface area contributed by atoms with Crippen molar-refractivity contribution < 1.29 is 0 Å². The lowest BCUT2D eigenvalue weighted by Gasteiger charge is -2.18. The molecule has 234 valence electrons. The molecule has 1 aromatic heterocycles. The summed E-state index contributed by atoms with van der Waals surface area (Å²) in [7, 11) is 0. The highest BCUT2D eigenvalue weighted by Crippen LogP contribution is 2.40. The van der Waals surface area contributed by atoms with Crippen molar-refractivity contribution in [3.05, 3.63) is 180 Å². The van der Waals surface area contributed by atoms with Gasteiger partial charge in [0.05, 0.1) is 17.1 Å². The molecule has 4 N–H and O–H groups in total. The molecule has 0 fully saturated rings. The molecule has 0 atom stereocenters. The van der Waals surface area contributed by atoms with Crippen LogP contribution in [0, 0.1) is 13.8 Å². The number of aromatic nitrogens is 1. The van der Waals surface area contributed by atoms with E-state index >= 15 is 0 Å². The Labute approximate surface area is 279 Å². The minimum absolute atomic E-state index is 0.910. The third-order valence-corrected chi connectivity index (χ3v) is 8.79. The predicted molar refractivity (Wildman–Crippen MR) is 206 cm³/mol. The number of benzene rings is 4. The predicted octanol–water partition coefficient (Wildman–Crippen LogP) is 11.1. The summed E-state index contributed by atoms with van der Waals surface area (Å²) in [6, 6.07) is 30.2. The zero-order chi connectivity index (χ0) is 33.5. The van der Waals surface area contributed by atoms with Crippen LogP contribution in [0.1, 0.15) is 41.8 Å². The zero-order valence-electron chi connectivity index (χ0n) is 27.8. The monoisotopic (exact) mass is 613 g/mol. The number of rotatable bonds is 10. The van der Waals surface area contributed by atoms with Crippen LogP contribution < -0.4 is 11.5 Å². The van der Waals surface area contributed by atoms with Gasteiger partial charge >= 0.3 is 0 Å². The van der Waals surface area contributed by atoms with Gasteiger partial charge in [0.2, 0.25) is 0 Å². The highest BCUT2D eigenvalue weighted by molar-refractivity contribution is 5.93. The largest absolute Gasteiger partial charge is 0.405 e. The molecule has 4 aromatic carbocycles. The van der Waals surface area contributed by atoms with Gasteiger partial charge in [0.1, 0.15) is 0 Å². The van der Waals surface area contributed by atoms with Crippen molar-refractivity contribution in [3.8, 4) is 28.1 Å². The molecule has 0 aliphatic carbocycles. The normalized spacial score (nSPS) is 12.8. The molecule has 0 saturated carbocycles. The number of fused-ring (bicyclic) bond motifs is 1. The van der Waals surface area contributed by atoms with Gasteiger partial charge < -0.3 is 16.0 Å². The fraction of sp³-hybridized carbons (Fsp3) is 0.0909. The second-order valence-corrected chi connectivity index (χ2v) is 11.4. The number of hydrogen-bond donors (Lipinski definition) is 2. The Morgan fingerprint density at radius 3 is 2.21 bits per heavy atom.